The quantitative estimate of drug-likeness (QED) is 0.364. The van der Waals surface area contributed by atoms with Crippen LogP contribution in [0, 0.1) is 25.1 Å². The second kappa shape index (κ2) is 7.84. The summed E-state index contributed by atoms with van der Waals surface area (Å²) in [7, 11) is 0. The SMILES string of the molecule is C#CCOc1ccc(N=C(N=C)C(=O)c2ccc(F)cc2)c(C)c1. The van der Waals surface area contributed by atoms with Crippen LogP contribution in [-0.2, 0) is 0 Å². The number of aryl methyl sites for hydroxylation is 1. The smallest absolute Gasteiger partial charge is 0.230 e. The van der Waals surface area contributed by atoms with Gasteiger partial charge in [-0.05, 0) is 61.7 Å². The summed E-state index contributed by atoms with van der Waals surface area (Å²) < 4.78 is 18.3. The molecule has 0 aromatic heterocycles. The number of hydrogen-bond acceptors (Lipinski definition) is 3. The fourth-order valence-electron chi connectivity index (χ4n) is 1.97. The highest BCUT2D eigenvalue weighted by Crippen LogP contribution is 2.24. The molecule has 2 aromatic carbocycles. The molecule has 5 heteroatoms. The molecule has 0 radical (unpaired) electrons. The summed E-state index contributed by atoms with van der Waals surface area (Å²) in [6, 6.07) is 10.3. The number of rotatable bonds is 5. The molecular formula is C19H15FN2O2. The minimum absolute atomic E-state index is 0.0676. The van der Waals surface area contributed by atoms with E-state index in [0.717, 1.165) is 5.56 Å². The van der Waals surface area contributed by atoms with Gasteiger partial charge in [0.1, 0.15) is 18.2 Å². The molecular weight excluding hydrogens is 307 g/mol. The summed E-state index contributed by atoms with van der Waals surface area (Å²) in [5.74, 6) is 2.08. The van der Waals surface area contributed by atoms with Crippen molar-refractivity contribution >= 4 is 24.0 Å². The first-order valence-electron chi connectivity index (χ1n) is 7.07. The molecule has 0 heterocycles. The predicted octanol–water partition coefficient (Wildman–Crippen LogP) is 3.76. The lowest BCUT2D eigenvalue weighted by atomic mass is 10.1. The van der Waals surface area contributed by atoms with Gasteiger partial charge >= 0.3 is 0 Å². The highest BCUT2D eigenvalue weighted by atomic mass is 19.1. The van der Waals surface area contributed by atoms with Gasteiger partial charge in [0.2, 0.25) is 11.6 Å². The Labute approximate surface area is 139 Å². The number of ketones is 1. The predicted molar refractivity (Wildman–Crippen MR) is 92.9 cm³/mol. The van der Waals surface area contributed by atoms with Gasteiger partial charge in [-0.3, -0.25) is 4.79 Å². The minimum atomic E-state index is -0.433. The molecule has 0 aliphatic carbocycles. The average molecular weight is 322 g/mol. The van der Waals surface area contributed by atoms with Crippen LogP contribution in [0.3, 0.4) is 0 Å². The van der Waals surface area contributed by atoms with Crippen LogP contribution in [0.15, 0.2) is 52.4 Å². The van der Waals surface area contributed by atoms with Crippen molar-refractivity contribution in [2.75, 3.05) is 6.61 Å². The number of halogens is 1. The fourth-order valence-corrected chi connectivity index (χ4v) is 1.97. The first kappa shape index (κ1) is 17.1. The van der Waals surface area contributed by atoms with Crippen molar-refractivity contribution in [3.8, 4) is 18.1 Å². The number of benzene rings is 2. The van der Waals surface area contributed by atoms with Gasteiger partial charge in [-0.25, -0.2) is 14.4 Å². The highest BCUT2D eigenvalue weighted by Gasteiger charge is 2.13. The van der Waals surface area contributed by atoms with Crippen LogP contribution in [0.1, 0.15) is 15.9 Å². The first-order valence-corrected chi connectivity index (χ1v) is 7.07. The number of ether oxygens (including phenoxy) is 1. The van der Waals surface area contributed by atoms with Crippen molar-refractivity contribution in [1.29, 1.82) is 0 Å². The molecule has 0 N–H and O–H groups in total. The minimum Gasteiger partial charge on any atom is -0.481 e. The Morgan fingerprint density at radius 2 is 2.00 bits per heavy atom. The number of aliphatic imine (C=N–C) groups is 2. The van der Waals surface area contributed by atoms with Gasteiger partial charge in [0.25, 0.3) is 0 Å². The number of terminal acetylenes is 1. The van der Waals surface area contributed by atoms with E-state index in [1.807, 2.05) is 6.92 Å². The number of carbonyl (C=O) groups is 1. The third-order valence-electron chi connectivity index (χ3n) is 3.18. The molecule has 0 amide bonds. The van der Waals surface area contributed by atoms with Crippen LogP contribution in [0.5, 0.6) is 5.75 Å². The standard InChI is InChI=1S/C19H15FN2O2/c1-4-11-24-16-9-10-17(13(2)12-16)22-19(21-3)18(23)14-5-7-15(20)8-6-14/h1,5-10,12H,3,11H2,2H3. The molecule has 0 aliphatic rings. The molecule has 120 valence electrons. The Bertz CT molecular complexity index is 833. The molecule has 4 nitrogen and oxygen atoms in total. The highest BCUT2D eigenvalue weighted by molar-refractivity contribution is 6.46. The van der Waals surface area contributed by atoms with E-state index in [1.165, 1.54) is 24.3 Å². The fraction of sp³-hybridized carbons (Fsp3) is 0.105. The van der Waals surface area contributed by atoms with Gasteiger partial charge in [-0.2, -0.15) is 0 Å². The molecule has 0 bridgehead atoms. The van der Waals surface area contributed by atoms with E-state index in [1.54, 1.807) is 18.2 Å². The van der Waals surface area contributed by atoms with E-state index >= 15 is 0 Å². The van der Waals surface area contributed by atoms with Crippen molar-refractivity contribution in [3.05, 3.63) is 59.4 Å². The zero-order chi connectivity index (χ0) is 17.5. The summed E-state index contributed by atoms with van der Waals surface area (Å²) in [6.07, 6.45) is 5.15. The zero-order valence-electron chi connectivity index (χ0n) is 13.1. The van der Waals surface area contributed by atoms with Gasteiger partial charge < -0.3 is 4.74 Å². The molecule has 0 saturated heterocycles. The Kier molecular flexibility index (Phi) is 5.58. The second-order valence-electron chi connectivity index (χ2n) is 4.87. The third-order valence-corrected chi connectivity index (χ3v) is 3.18. The van der Waals surface area contributed by atoms with Gasteiger partial charge in [0.05, 0.1) is 5.69 Å². The molecule has 24 heavy (non-hydrogen) atoms. The maximum Gasteiger partial charge on any atom is 0.230 e. The Hall–Kier alpha value is -3.26. The molecule has 2 aromatic rings. The lowest BCUT2D eigenvalue weighted by Crippen LogP contribution is -2.11. The molecule has 0 unspecified atom stereocenters. The maximum absolute atomic E-state index is 13.0. The van der Waals surface area contributed by atoms with Crippen LogP contribution in [0.2, 0.25) is 0 Å². The number of carbonyl (C=O) groups excluding carboxylic acids is 1. The van der Waals surface area contributed by atoms with E-state index in [9.17, 15) is 9.18 Å². The summed E-state index contributed by atoms with van der Waals surface area (Å²) in [6.45, 7) is 5.38. The number of Topliss-reactive ketones (excluding diaryl/α,β-unsaturated/α-hetero) is 1. The normalized spacial score (nSPS) is 10.8. The van der Waals surface area contributed by atoms with E-state index in [-0.39, 0.29) is 18.0 Å². The Morgan fingerprint density at radius 1 is 1.29 bits per heavy atom. The van der Waals surface area contributed by atoms with Crippen LogP contribution >= 0.6 is 0 Å². The van der Waals surface area contributed by atoms with E-state index in [2.05, 4.69) is 22.6 Å². The van der Waals surface area contributed by atoms with Gasteiger partial charge in [-0.1, -0.05) is 5.92 Å². The maximum atomic E-state index is 13.0. The summed E-state index contributed by atoms with van der Waals surface area (Å²) >= 11 is 0. The Morgan fingerprint density at radius 3 is 2.58 bits per heavy atom. The van der Waals surface area contributed by atoms with Crippen LogP contribution < -0.4 is 4.74 Å². The van der Waals surface area contributed by atoms with Crippen LogP contribution in [-0.4, -0.2) is 24.9 Å². The largest absolute Gasteiger partial charge is 0.481 e. The van der Waals surface area contributed by atoms with E-state index in [0.29, 0.717) is 11.4 Å². The second-order valence-corrected chi connectivity index (χ2v) is 4.87. The number of amidine groups is 1. The lowest BCUT2D eigenvalue weighted by Gasteiger charge is -2.06. The number of nitrogens with zero attached hydrogens (tertiary/aromatic N) is 2. The molecule has 0 atom stereocenters. The first-order chi connectivity index (χ1) is 11.5. The summed E-state index contributed by atoms with van der Waals surface area (Å²) in [5.41, 5.74) is 1.63. The monoisotopic (exact) mass is 322 g/mol. The summed E-state index contributed by atoms with van der Waals surface area (Å²) in [4.78, 5) is 20.3. The van der Waals surface area contributed by atoms with Crippen LogP contribution in [0.25, 0.3) is 0 Å². The number of hydrogen-bond donors (Lipinski definition) is 0. The van der Waals surface area contributed by atoms with Crippen molar-refractivity contribution in [1.82, 2.24) is 0 Å². The van der Waals surface area contributed by atoms with Crippen LogP contribution in [0.4, 0.5) is 10.1 Å². The average Bonchev–Trinajstić information content (AvgIpc) is 2.59. The van der Waals surface area contributed by atoms with Crippen molar-refractivity contribution in [3.63, 3.8) is 0 Å². The van der Waals surface area contributed by atoms with Crippen molar-refractivity contribution in [2.45, 2.75) is 6.92 Å². The molecule has 0 saturated carbocycles. The topological polar surface area (TPSA) is 51.0 Å². The molecule has 0 aliphatic heterocycles. The molecule has 0 spiro atoms. The summed E-state index contributed by atoms with van der Waals surface area (Å²) in [5, 5.41) is 0. The molecule has 0 fully saturated rings. The van der Waals surface area contributed by atoms with Gasteiger partial charge in [-0.15, -0.1) is 6.42 Å². The van der Waals surface area contributed by atoms with Gasteiger partial charge in [0.15, 0.2) is 0 Å². The van der Waals surface area contributed by atoms with E-state index < -0.39 is 11.6 Å². The molecule has 2 rings (SSSR count). The zero-order valence-corrected chi connectivity index (χ0v) is 13.1. The van der Waals surface area contributed by atoms with E-state index in [4.69, 9.17) is 11.2 Å². The van der Waals surface area contributed by atoms with Gasteiger partial charge in [0, 0.05) is 5.56 Å². The van der Waals surface area contributed by atoms with Crippen molar-refractivity contribution < 1.29 is 13.9 Å². The van der Waals surface area contributed by atoms with Crippen molar-refractivity contribution in [2.24, 2.45) is 9.98 Å². The Balaban J connectivity index is 2.30. The third kappa shape index (κ3) is 4.14. The lowest BCUT2D eigenvalue weighted by molar-refractivity contribution is 0.106.